The van der Waals surface area contributed by atoms with Crippen LogP contribution in [0.25, 0.3) is 10.9 Å². The molecular weight excluding hydrogens is 342 g/mol. The normalized spacial score (nSPS) is 19.0. The summed E-state index contributed by atoms with van der Waals surface area (Å²) in [6.07, 6.45) is -1.10. The molecule has 27 heavy (non-hydrogen) atoms. The Hall–Kier alpha value is -2.63. The van der Waals surface area contributed by atoms with Gasteiger partial charge in [-0.3, -0.25) is 0 Å². The Balaban J connectivity index is 1.49. The highest BCUT2D eigenvalue weighted by Crippen LogP contribution is 2.36. The van der Waals surface area contributed by atoms with Crippen LogP contribution in [0.15, 0.2) is 54.6 Å². The number of aliphatic hydroxyl groups excluding tert-OH is 1. The summed E-state index contributed by atoms with van der Waals surface area (Å²) < 4.78 is 17.4. The highest BCUT2D eigenvalue weighted by atomic mass is 16.6. The first kappa shape index (κ1) is 17.8. The molecule has 0 bridgehead atoms. The van der Waals surface area contributed by atoms with Crippen LogP contribution in [0.4, 0.5) is 0 Å². The lowest BCUT2D eigenvalue weighted by Gasteiger charge is -2.31. The van der Waals surface area contributed by atoms with E-state index in [4.69, 9.17) is 14.2 Å². The number of hydrogen-bond donors (Lipinski definition) is 1. The summed E-state index contributed by atoms with van der Waals surface area (Å²) in [6.45, 7) is 4.58. The molecule has 5 heteroatoms. The van der Waals surface area contributed by atoms with Crippen molar-refractivity contribution in [1.82, 2.24) is 4.98 Å². The maximum absolute atomic E-state index is 10.6. The van der Waals surface area contributed by atoms with Crippen molar-refractivity contribution in [3.8, 4) is 11.5 Å². The molecule has 0 aliphatic carbocycles. The number of pyridine rings is 1. The molecule has 0 amide bonds. The molecule has 2 atom stereocenters. The molecule has 1 aliphatic heterocycles. The number of benzene rings is 2. The fourth-order valence-electron chi connectivity index (χ4n) is 3.25. The molecule has 0 fully saturated rings. The van der Waals surface area contributed by atoms with Crippen molar-refractivity contribution < 1.29 is 19.3 Å². The number of nitrogens with zero attached hydrogens (tertiary/aromatic N) is 1. The molecule has 5 nitrogen and oxygen atoms in total. The lowest BCUT2D eigenvalue weighted by atomic mass is 10.0. The minimum absolute atomic E-state index is 0.0215. The van der Waals surface area contributed by atoms with Gasteiger partial charge in [-0.2, -0.15) is 0 Å². The molecule has 1 aliphatic rings. The molecule has 0 unspecified atom stereocenters. The highest BCUT2D eigenvalue weighted by Gasteiger charge is 2.31. The van der Waals surface area contributed by atoms with Crippen LogP contribution < -0.4 is 9.47 Å². The lowest BCUT2D eigenvalue weighted by molar-refractivity contribution is -0.0949. The Morgan fingerprint density at radius 1 is 1.15 bits per heavy atom. The zero-order valence-electron chi connectivity index (χ0n) is 15.5. The average molecular weight is 365 g/mol. The number of ether oxygens (including phenoxy) is 3. The van der Waals surface area contributed by atoms with E-state index in [1.54, 1.807) is 0 Å². The second-order valence-electron chi connectivity index (χ2n) is 6.96. The molecule has 1 N–H and O–H groups in total. The van der Waals surface area contributed by atoms with Gasteiger partial charge >= 0.3 is 0 Å². The number of para-hydroxylation sites is 1. The molecule has 1 aromatic heterocycles. The van der Waals surface area contributed by atoms with Crippen LogP contribution in [0.5, 0.6) is 11.5 Å². The first-order chi connectivity index (χ1) is 13.1. The first-order valence-electron chi connectivity index (χ1n) is 9.18. The van der Waals surface area contributed by atoms with Crippen molar-refractivity contribution >= 4 is 10.9 Å². The van der Waals surface area contributed by atoms with E-state index < -0.39 is 6.10 Å². The summed E-state index contributed by atoms with van der Waals surface area (Å²) >= 11 is 0. The van der Waals surface area contributed by atoms with E-state index in [1.165, 1.54) is 0 Å². The summed E-state index contributed by atoms with van der Waals surface area (Å²) in [5.41, 5.74) is 2.49. The SMILES string of the molecule is CC(C)O[C@H]1COc2ccc(OCc3ccc4ccccc4n3)cc2[C@@H]1O. The highest BCUT2D eigenvalue weighted by molar-refractivity contribution is 5.78. The molecule has 4 rings (SSSR count). The third kappa shape index (κ3) is 3.89. The van der Waals surface area contributed by atoms with Crippen LogP contribution in [0.1, 0.15) is 31.2 Å². The van der Waals surface area contributed by atoms with Gasteiger partial charge in [-0.25, -0.2) is 4.98 Å². The molecule has 0 saturated carbocycles. The number of hydrogen-bond acceptors (Lipinski definition) is 5. The fourth-order valence-corrected chi connectivity index (χ4v) is 3.25. The predicted molar refractivity (Wildman–Crippen MR) is 103 cm³/mol. The molecule has 140 valence electrons. The van der Waals surface area contributed by atoms with Crippen molar-refractivity contribution in [2.45, 2.75) is 38.8 Å². The largest absolute Gasteiger partial charge is 0.490 e. The third-order valence-electron chi connectivity index (χ3n) is 4.54. The molecule has 2 aromatic carbocycles. The smallest absolute Gasteiger partial charge is 0.130 e. The summed E-state index contributed by atoms with van der Waals surface area (Å²) in [4.78, 5) is 4.62. The van der Waals surface area contributed by atoms with Gasteiger partial charge in [0, 0.05) is 10.9 Å². The van der Waals surface area contributed by atoms with E-state index in [9.17, 15) is 5.11 Å². The van der Waals surface area contributed by atoms with Crippen molar-refractivity contribution in [2.24, 2.45) is 0 Å². The Kier molecular flexibility index (Phi) is 4.97. The van der Waals surface area contributed by atoms with Gasteiger partial charge < -0.3 is 19.3 Å². The molecule has 3 aromatic rings. The minimum atomic E-state index is -0.738. The number of fused-ring (bicyclic) bond motifs is 2. The zero-order valence-corrected chi connectivity index (χ0v) is 15.5. The van der Waals surface area contributed by atoms with E-state index in [-0.39, 0.29) is 12.2 Å². The van der Waals surface area contributed by atoms with Crippen molar-refractivity contribution in [1.29, 1.82) is 0 Å². The summed E-state index contributed by atoms with van der Waals surface area (Å²) in [5.74, 6) is 1.33. The second-order valence-corrected chi connectivity index (χ2v) is 6.96. The van der Waals surface area contributed by atoms with Crippen LogP contribution >= 0.6 is 0 Å². The fraction of sp³-hybridized carbons (Fsp3) is 0.318. The minimum Gasteiger partial charge on any atom is -0.490 e. The van der Waals surface area contributed by atoms with E-state index in [1.807, 2.05) is 68.4 Å². The van der Waals surface area contributed by atoms with Gasteiger partial charge in [0.15, 0.2) is 0 Å². The molecule has 0 saturated heterocycles. The predicted octanol–water partition coefficient (Wildman–Crippen LogP) is 4.03. The van der Waals surface area contributed by atoms with Gasteiger partial charge in [0.25, 0.3) is 0 Å². The average Bonchev–Trinajstić information content (AvgIpc) is 2.68. The molecule has 0 radical (unpaired) electrons. The molecule has 0 spiro atoms. The summed E-state index contributed by atoms with van der Waals surface area (Å²) in [5, 5.41) is 11.7. The quantitative estimate of drug-likeness (QED) is 0.740. The second kappa shape index (κ2) is 7.55. The molecular formula is C22H23NO4. The van der Waals surface area contributed by atoms with E-state index in [0.717, 1.165) is 16.6 Å². The Morgan fingerprint density at radius 2 is 2.00 bits per heavy atom. The first-order valence-corrected chi connectivity index (χ1v) is 9.18. The topological polar surface area (TPSA) is 60.8 Å². The van der Waals surface area contributed by atoms with E-state index in [0.29, 0.717) is 30.3 Å². The Labute approximate surface area is 158 Å². The van der Waals surface area contributed by atoms with Gasteiger partial charge in [-0.15, -0.1) is 0 Å². The maximum atomic E-state index is 10.6. The van der Waals surface area contributed by atoms with Crippen LogP contribution in [0.3, 0.4) is 0 Å². The zero-order chi connectivity index (χ0) is 18.8. The standard InChI is InChI=1S/C22H23NO4/c1-14(2)27-21-13-26-20-10-9-17(11-18(20)22(21)24)25-12-16-8-7-15-5-3-4-6-19(15)23-16/h3-11,14,21-22,24H,12-13H2,1-2H3/t21-,22-/m0/s1. The van der Waals surface area contributed by atoms with Crippen molar-refractivity contribution in [2.75, 3.05) is 6.61 Å². The Bertz CT molecular complexity index is 940. The Morgan fingerprint density at radius 3 is 2.85 bits per heavy atom. The monoisotopic (exact) mass is 365 g/mol. The van der Waals surface area contributed by atoms with Crippen LogP contribution in [0.2, 0.25) is 0 Å². The summed E-state index contributed by atoms with van der Waals surface area (Å²) in [6, 6.07) is 17.5. The van der Waals surface area contributed by atoms with Gasteiger partial charge in [-0.1, -0.05) is 24.3 Å². The van der Waals surface area contributed by atoms with Crippen LogP contribution in [-0.4, -0.2) is 28.9 Å². The number of aliphatic hydroxyl groups is 1. The summed E-state index contributed by atoms with van der Waals surface area (Å²) in [7, 11) is 0. The van der Waals surface area contributed by atoms with Crippen molar-refractivity contribution in [3.63, 3.8) is 0 Å². The molecule has 2 heterocycles. The van der Waals surface area contributed by atoms with E-state index in [2.05, 4.69) is 4.98 Å². The van der Waals surface area contributed by atoms with Gasteiger partial charge in [0.05, 0.1) is 17.3 Å². The van der Waals surface area contributed by atoms with Crippen LogP contribution in [-0.2, 0) is 11.3 Å². The van der Waals surface area contributed by atoms with Gasteiger partial charge in [0.2, 0.25) is 0 Å². The number of rotatable bonds is 5. The van der Waals surface area contributed by atoms with Crippen LogP contribution in [0, 0.1) is 0 Å². The van der Waals surface area contributed by atoms with Crippen molar-refractivity contribution in [3.05, 3.63) is 65.9 Å². The maximum Gasteiger partial charge on any atom is 0.130 e. The third-order valence-corrected chi connectivity index (χ3v) is 4.54. The number of aromatic nitrogens is 1. The van der Waals surface area contributed by atoms with E-state index >= 15 is 0 Å². The van der Waals surface area contributed by atoms with Gasteiger partial charge in [0.1, 0.15) is 36.9 Å². The lowest BCUT2D eigenvalue weighted by Crippen LogP contribution is -2.35. The van der Waals surface area contributed by atoms with Gasteiger partial charge in [-0.05, 0) is 44.2 Å².